The number of phenols is 1. The third-order valence-electron chi connectivity index (χ3n) is 4.41. The molecule has 1 fully saturated rings. The molecule has 1 N–H and O–H groups in total. The minimum atomic E-state index is 0.00654. The van der Waals surface area contributed by atoms with Crippen molar-refractivity contribution in [2.75, 3.05) is 6.61 Å². The van der Waals surface area contributed by atoms with Gasteiger partial charge in [-0.2, -0.15) is 0 Å². The van der Waals surface area contributed by atoms with E-state index in [0.29, 0.717) is 5.75 Å². The lowest BCUT2D eigenvalue weighted by atomic mass is 9.92. The molecule has 110 valence electrons. The molecule has 0 aliphatic carbocycles. The second-order valence-corrected chi connectivity index (χ2v) is 5.78. The minimum Gasteiger partial charge on any atom is -0.507 e. The average Bonchev–Trinajstić information content (AvgIpc) is 3.11. The lowest BCUT2D eigenvalue weighted by Crippen LogP contribution is -1.98. The third-order valence-corrected chi connectivity index (χ3v) is 4.41. The molecule has 1 heterocycles. The van der Waals surface area contributed by atoms with E-state index < -0.39 is 0 Å². The average molecular weight is 290 g/mol. The van der Waals surface area contributed by atoms with Gasteiger partial charge in [-0.15, -0.1) is 0 Å². The first kappa shape index (κ1) is 13.4. The molecule has 1 aliphatic heterocycles. The number of hydrogen-bond acceptors (Lipinski definition) is 2. The standard InChI is InChI=1S/C20H18O2/c21-20-16-10-5-4-9-15(16)17(14-7-2-1-3-8-14)13-18(20)19-11-6-12-22-19/h1-5,7-10,13,19,21H,6,11-12H2. The fourth-order valence-corrected chi connectivity index (χ4v) is 3.31. The summed E-state index contributed by atoms with van der Waals surface area (Å²) in [6.45, 7) is 0.775. The van der Waals surface area contributed by atoms with Crippen LogP contribution in [0.4, 0.5) is 0 Å². The number of aromatic hydroxyl groups is 1. The van der Waals surface area contributed by atoms with Crippen LogP contribution < -0.4 is 0 Å². The Hall–Kier alpha value is -2.32. The summed E-state index contributed by atoms with van der Waals surface area (Å²) in [5.41, 5.74) is 3.23. The van der Waals surface area contributed by atoms with Crippen LogP contribution in [0.25, 0.3) is 21.9 Å². The lowest BCUT2D eigenvalue weighted by Gasteiger charge is -2.17. The number of phenolic OH excluding ortho intramolecular Hbond substituents is 1. The van der Waals surface area contributed by atoms with E-state index >= 15 is 0 Å². The topological polar surface area (TPSA) is 29.5 Å². The van der Waals surface area contributed by atoms with E-state index in [9.17, 15) is 5.11 Å². The molecule has 22 heavy (non-hydrogen) atoms. The Morgan fingerprint density at radius 1 is 0.909 bits per heavy atom. The fourth-order valence-electron chi connectivity index (χ4n) is 3.31. The summed E-state index contributed by atoms with van der Waals surface area (Å²) in [6, 6.07) is 20.5. The van der Waals surface area contributed by atoms with E-state index in [1.807, 2.05) is 36.4 Å². The van der Waals surface area contributed by atoms with Crippen LogP contribution in [0.3, 0.4) is 0 Å². The first-order valence-corrected chi connectivity index (χ1v) is 7.76. The van der Waals surface area contributed by atoms with E-state index in [1.165, 1.54) is 0 Å². The maximum Gasteiger partial charge on any atom is 0.129 e. The van der Waals surface area contributed by atoms with E-state index in [1.54, 1.807) is 0 Å². The minimum absolute atomic E-state index is 0.00654. The van der Waals surface area contributed by atoms with Crippen molar-refractivity contribution in [1.29, 1.82) is 0 Å². The molecule has 0 spiro atoms. The highest BCUT2D eigenvalue weighted by Crippen LogP contribution is 2.42. The first-order chi connectivity index (χ1) is 10.8. The van der Waals surface area contributed by atoms with Gasteiger partial charge >= 0.3 is 0 Å². The zero-order chi connectivity index (χ0) is 14.9. The summed E-state index contributed by atoms with van der Waals surface area (Å²) in [6.07, 6.45) is 2.03. The van der Waals surface area contributed by atoms with Gasteiger partial charge in [-0.1, -0.05) is 54.6 Å². The van der Waals surface area contributed by atoms with Gasteiger partial charge in [0.05, 0.1) is 6.10 Å². The Bertz CT molecular complexity index is 803. The molecule has 2 heteroatoms. The van der Waals surface area contributed by atoms with Gasteiger partial charge < -0.3 is 9.84 Å². The molecule has 2 nitrogen and oxygen atoms in total. The van der Waals surface area contributed by atoms with Crippen molar-refractivity contribution >= 4 is 10.8 Å². The van der Waals surface area contributed by atoms with Crippen molar-refractivity contribution in [3.05, 3.63) is 66.2 Å². The Balaban J connectivity index is 2.00. The summed E-state index contributed by atoms with van der Waals surface area (Å²) in [7, 11) is 0. The molecule has 1 atom stereocenters. The van der Waals surface area contributed by atoms with Crippen molar-refractivity contribution in [2.24, 2.45) is 0 Å². The van der Waals surface area contributed by atoms with Crippen LogP contribution in [0.2, 0.25) is 0 Å². The second-order valence-electron chi connectivity index (χ2n) is 5.78. The van der Waals surface area contributed by atoms with Crippen molar-refractivity contribution in [2.45, 2.75) is 18.9 Å². The van der Waals surface area contributed by atoms with Crippen molar-refractivity contribution in [3.63, 3.8) is 0 Å². The molecule has 0 aromatic heterocycles. The predicted molar refractivity (Wildman–Crippen MR) is 89.0 cm³/mol. The molecular weight excluding hydrogens is 272 g/mol. The first-order valence-electron chi connectivity index (χ1n) is 7.76. The maximum absolute atomic E-state index is 10.7. The van der Waals surface area contributed by atoms with Crippen LogP contribution in [-0.4, -0.2) is 11.7 Å². The quantitative estimate of drug-likeness (QED) is 0.714. The highest BCUT2D eigenvalue weighted by molar-refractivity contribution is 6.01. The van der Waals surface area contributed by atoms with Gasteiger partial charge in [-0.25, -0.2) is 0 Å². The van der Waals surface area contributed by atoms with Crippen LogP contribution in [-0.2, 0) is 4.74 Å². The number of fused-ring (bicyclic) bond motifs is 1. The third kappa shape index (κ3) is 2.16. The van der Waals surface area contributed by atoms with E-state index in [4.69, 9.17) is 4.74 Å². The van der Waals surface area contributed by atoms with E-state index in [2.05, 4.69) is 24.3 Å². The molecule has 0 amide bonds. The number of rotatable bonds is 2. The van der Waals surface area contributed by atoms with Gasteiger partial charge in [0.25, 0.3) is 0 Å². The van der Waals surface area contributed by atoms with Crippen LogP contribution in [0.5, 0.6) is 5.75 Å². The molecule has 1 unspecified atom stereocenters. The van der Waals surface area contributed by atoms with Gasteiger partial charge in [0.2, 0.25) is 0 Å². The van der Waals surface area contributed by atoms with Crippen molar-refractivity contribution in [1.82, 2.24) is 0 Å². The normalized spacial score (nSPS) is 17.9. The lowest BCUT2D eigenvalue weighted by molar-refractivity contribution is 0.110. The SMILES string of the molecule is Oc1c(C2CCCO2)cc(-c2ccccc2)c2ccccc12. The Kier molecular flexibility index (Phi) is 3.32. The molecule has 3 aromatic rings. The van der Waals surface area contributed by atoms with Crippen LogP contribution in [0.15, 0.2) is 60.7 Å². The van der Waals surface area contributed by atoms with Gasteiger partial charge in [0.15, 0.2) is 0 Å². The van der Waals surface area contributed by atoms with Gasteiger partial charge in [-0.3, -0.25) is 0 Å². The Labute approximate surface area is 130 Å². The predicted octanol–water partition coefficient (Wildman–Crippen LogP) is 5.06. The van der Waals surface area contributed by atoms with E-state index in [-0.39, 0.29) is 6.10 Å². The summed E-state index contributed by atoms with van der Waals surface area (Å²) in [5, 5.41) is 12.7. The van der Waals surface area contributed by atoms with Crippen LogP contribution in [0.1, 0.15) is 24.5 Å². The number of ether oxygens (including phenoxy) is 1. The molecule has 1 saturated heterocycles. The number of benzene rings is 3. The molecule has 3 aromatic carbocycles. The van der Waals surface area contributed by atoms with Gasteiger partial charge in [0.1, 0.15) is 5.75 Å². The summed E-state index contributed by atoms with van der Waals surface area (Å²) < 4.78 is 5.80. The van der Waals surface area contributed by atoms with E-state index in [0.717, 1.165) is 46.9 Å². The molecule has 1 aliphatic rings. The van der Waals surface area contributed by atoms with Gasteiger partial charge in [0, 0.05) is 17.6 Å². The van der Waals surface area contributed by atoms with Crippen molar-refractivity contribution in [3.8, 4) is 16.9 Å². The molecule has 4 rings (SSSR count). The fraction of sp³-hybridized carbons (Fsp3) is 0.200. The molecule has 0 radical (unpaired) electrons. The highest BCUT2D eigenvalue weighted by atomic mass is 16.5. The molecule has 0 saturated carbocycles. The zero-order valence-electron chi connectivity index (χ0n) is 12.3. The van der Waals surface area contributed by atoms with Gasteiger partial charge in [-0.05, 0) is 35.4 Å². The molecular formula is C20H18O2. The summed E-state index contributed by atoms with van der Waals surface area (Å²) in [4.78, 5) is 0. The van der Waals surface area contributed by atoms with Crippen LogP contribution >= 0.6 is 0 Å². The monoisotopic (exact) mass is 290 g/mol. The molecule has 0 bridgehead atoms. The smallest absolute Gasteiger partial charge is 0.129 e. The Morgan fingerprint density at radius 2 is 1.64 bits per heavy atom. The Morgan fingerprint density at radius 3 is 2.36 bits per heavy atom. The number of hydrogen-bond donors (Lipinski definition) is 1. The largest absolute Gasteiger partial charge is 0.507 e. The highest BCUT2D eigenvalue weighted by Gasteiger charge is 2.23. The second kappa shape index (κ2) is 5.47. The van der Waals surface area contributed by atoms with Crippen LogP contribution in [0, 0.1) is 0 Å². The summed E-state index contributed by atoms with van der Waals surface area (Å²) >= 11 is 0. The summed E-state index contributed by atoms with van der Waals surface area (Å²) in [5.74, 6) is 0.363. The maximum atomic E-state index is 10.7. The van der Waals surface area contributed by atoms with Crippen molar-refractivity contribution < 1.29 is 9.84 Å². The zero-order valence-corrected chi connectivity index (χ0v) is 12.3.